The fourth-order valence-corrected chi connectivity index (χ4v) is 3.90. The minimum Gasteiger partial charge on any atom is -0.382 e. The zero-order chi connectivity index (χ0) is 22.7. The van der Waals surface area contributed by atoms with Crippen LogP contribution in [0.1, 0.15) is 42.8 Å². The molecular weight excluding hydrogens is 393 g/mol. The molecule has 1 aliphatic heterocycles. The Hall–Kier alpha value is -2.71. The van der Waals surface area contributed by atoms with Gasteiger partial charge in [0.2, 0.25) is 0 Å². The van der Waals surface area contributed by atoms with Gasteiger partial charge >= 0.3 is 0 Å². The van der Waals surface area contributed by atoms with Crippen molar-refractivity contribution in [3.63, 3.8) is 0 Å². The van der Waals surface area contributed by atoms with E-state index in [1.54, 1.807) is 18.6 Å². The van der Waals surface area contributed by atoms with E-state index in [-0.39, 0.29) is 11.9 Å². The van der Waals surface area contributed by atoms with Crippen LogP contribution in [0, 0.1) is 12.7 Å². The summed E-state index contributed by atoms with van der Waals surface area (Å²) in [5, 5.41) is 0. The van der Waals surface area contributed by atoms with Crippen molar-refractivity contribution in [3.8, 4) is 0 Å². The number of aromatic nitrogens is 2. The third kappa shape index (κ3) is 5.32. The molecular formula is C23H34FN7. The van der Waals surface area contributed by atoms with E-state index in [2.05, 4.69) is 14.9 Å². The molecule has 1 aromatic heterocycles. The van der Waals surface area contributed by atoms with Crippen LogP contribution in [0.25, 0.3) is 0 Å². The molecule has 3 rings (SSSR count). The normalized spacial score (nSPS) is 17.0. The Labute approximate surface area is 184 Å². The maximum Gasteiger partial charge on any atom is 0.151 e. The van der Waals surface area contributed by atoms with Gasteiger partial charge in [0.15, 0.2) is 5.84 Å². The maximum absolute atomic E-state index is 14.9. The van der Waals surface area contributed by atoms with E-state index in [0.717, 1.165) is 42.0 Å². The molecule has 0 saturated carbocycles. The first-order valence-corrected chi connectivity index (χ1v) is 10.6. The Morgan fingerprint density at radius 3 is 2.68 bits per heavy atom. The number of hydrogen-bond acceptors (Lipinski definition) is 5. The van der Waals surface area contributed by atoms with Crippen LogP contribution in [0.5, 0.6) is 0 Å². The Balaban J connectivity index is 2.03. The molecule has 31 heavy (non-hydrogen) atoms. The van der Waals surface area contributed by atoms with Crippen molar-refractivity contribution in [1.29, 1.82) is 0 Å². The lowest BCUT2D eigenvalue weighted by atomic mass is 10.0. The number of hydrogen-bond donors (Lipinski definition) is 2. The van der Waals surface area contributed by atoms with E-state index in [4.69, 9.17) is 11.5 Å². The van der Waals surface area contributed by atoms with Gasteiger partial charge in [-0.2, -0.15) is 0 Å². The molecule has 1 fully saturated rings. The van der Waals surface area contributed by atoms with Gasteiger partial charge in [-0.05, 0) is 53.4 Å². The molecule has 0 radical (unpaired) electrons. The average Bonchev–Trinajstić information content (AvgIpc) is 3.28. The van der Waals surface area contributed by atoms with Crippen molar-refractivity contribution in [1.82, 2.24) is 14.5 Å². The summed E-state index contributed by atoms with van der Waals surface area (Å²) < 4.78 is 16.9. The lowest BCUT2D eigenvalue weighted by molar-refractivity contribution is 0.390. The van der Waals surface area contributed by atoms with Gasteiger partial charge < -0.3 is 25.8 Å². The van der Waals surface area contributed by atoms with Crippen LogP contribution in [0.4, 0.5) is 10.1 Å². The van der Waals surface area contributed by atoms with E-state index in [9.17, 15) is 4.39 Å². The number of aliphatic imine (C=N–C) groups is 1. The smallest absolute Gasteiger partial charge is 0.151 e. The Morgan fingerprint density at radius 1 is 1.32 bits per heavy atom. The second-order valence-corrected chi connectivity index (χ2v) is 8.78. The minimum atomic E-state index is -0.196. The molecule has 4 N–H and O–H groups in total. The molecule has 2 heterocycles. The zero-order valence-corrected chi connectivity index (χ0v) is 19.2. The van der Waals surface area contributed by atoms with Crippen LogP contribution in [-0.4, -0.2) is 53.5 Å². The summed E-state index contributed by atoms with van der Waals surface area (Å²) in [5.41, 5.74) is 17.6. The van der Waals surface area contributed by atoms with Crippen LogP contribution in [0.15, 0.2) is 35.2 Å². The number of nitrogens with zero attached hydrogens (tertiary/aromatic N) is 5. The summed E-state index contributed by atoms with van der Waals surface area (Å²) in [6.07, 6.45) is 4.41. The molecule has 0 amide bonds. The summed E-state index contributed by atoms with van der Waals surface area (Å²) in [4.78, 5) is 13.0. The van der Waals surface area contributed by atoms with Crippen molar-refractivity contribution < 1.29 is 4.39 Å². The maximum atomic E-state index is 14.9. The molecule has 1 unspecified atom stereocenters. The molecule has 0 aliphatic carbocycles. The molecule has 2 aromatic rings. The molecule has 1 atom stereocenters. The van der Waals surface area contributed by atoms with E-state index in [1.165, 1.54) is 0 Å². The first-order valence-electron chi connectivity index (χ1n) is 10.6. The third-order valence-corrected chi connectivity index (χ3v) is 5.52. The predicted molar refractivity (Wildman–Crippen MR) is 125 cm³/mol. The largest absolute Gasteiger partial charge is 0.382 e. The minimum absolute atomic E-state index is 0.142. The van der Waals surface area contributed by atoms with E-state index in [0.29, 0.717) is 30.2 Å². The highest BCUT2D eigenvalue weighted by atomic mass is 19.1. The number of anilines is 1. The summed E-state index contributed by atoms with van der Waals surface area (Å²) in [7, 11) is 3.89. The molecule has 1 aromatic carbocycles. The van der Waals surface area contributed by atoms with Crippen LogP contribution in [0.2, 0.25) is 0 Å². The van der Waals surface area contributed by atoms with Gasteiger partial charge in [-0.25, -0.2) is 14.4 Å². The number of imidazole rings is 1. The summed E-state index contributed by atoms with van der Waals surface area (Å²) >= 11 is 0. The third-order valence-electron chi connectivity index (χ3n) is 5.52. The summed E-state index contributed by atoms with van der Waals surface area (Å²) in [5.74, 6) is 0.175. The molecule has 0 spiro atoms. The number of halogens is 1. The van der Waals surface area contributed by atoms with Gasteiger partial charge in [0.25, 0.3) is 0 Å². The highest BCUT2D eigenvalue weighted by molar-refractivity contribution is 5.97. The molecule has 0 bridgehead atoms. The van der Waals surface area contributed by atoms with Crippen molar-refractivity contribution >= 4 is 11.5 Å². The van der Waals surface area contributed by atoms with E-state index in [1.807, 2.05) is 50.4 Å². The SMILES string of the molecule is CC(C)=C/N=C(/N)c1ncn(Cc2c(N3CCC(N)C3)ccc(F)c2CN(C)C)c1C. The first-order chi connectivity index (χ1) is 14.7. The standard InChI is InChI=1S/C23H34FN7/c1-15(2)10-27-23(26)22-16(3)31(14-28-22)13-19-18(12-29(4)5)20(24)6-7-21(19)30-9-8-17(25)11-30/h6-7,10,14,17H,8-9,11-13,25H2,1-5H3,(H2,26,27). The second kappa shape index (κ2) is 9.62. The number of rotatable bonds is 7. The van der Waals surface area contributed by atoms with Gasteiger partial charge in [-0.3, -0.25) is 0 Å². The fourth-order valence-electron chi connectivity index (χ4n) is 3.90. The molecule has 1 aliphatic rings. The second-order valence-electron chi connectivity index (χ2n) is 8.78. The molecule has 1 saturated heterocycles. The fraction of sp³-hybridized carbons (Fsp3) is 0.478. The molecule has 8 heteroatoms. The quantitative estimate of drug-likeness (QED) is 0.524. The summed E-state index contributed by atoms with van der Waals surface area (Å²) in [6.45, 7) is 8.54. The van der Waals surface area contributed by atoms with Crippen molar-refractivity contribution in [3.05, 3.63) is 58.6 Å². The Bertz CT molecular complexity index is 986. The monoisotopic (exact) mass is 427 g/mol. The highest BCUT2D eigenvalue weighted by Gasteiger charge is 2.25. The van der Waals surface area contributed by atoms with Gasteiger partial charge in [-0.1, -0.05) is 5.57 Å². The molecule has 168 valence electrons. The van der Waals surface area contributed by atoms with Crippen LogP contribution in [-0.2, 0) is 13.1 Å². The van der Waals surface area contributed by atoms with Gasteiger partial charge in [0, 0.05) is 54.4 Å². The van der Waals surface area contributed by atoms with Gasteiger partial charge in [0.1, 0.15) is 11.5 Å². The topological polar surface area (TPSA) is 88.7 Å². The van der Waals surface area contributed by atoms with Gasteiger partial charge in [-0.15, -0.1) is 0 Å². The van der Waals surface area contributed by atoms with Gasteiger partial charge in [0.05, 0.1) is 12.9 Å². The number of amidine groups is 1. The van der Waals surface area contributed by atoms with Crippen LogP contribution < -0.4 is 16.4 Å². The lowest BCUT2D eigenvalue weighted by Gasteiger charge is -2.26. The lowest BCUT2D eigenvalue weighted by Crippen LogP contribution is -2.28. The van der Waals surface area contributed by atoms with E-state index < -0.39 is 0 Å². The number of allylic oxidation sites excluding steroid dienone is 1. The number of nitrogens with two attached hydrogens (primary N) is 2. The van der Waals surface area contributed by atoms with Crippen LogP contribution >= 0.6 is 0 Å². The number of benzene rings is 1. The summed E-state index contributed by atoms with van der Waals surface area (Å²) in [6, 6.07) is 3.58. The Kier molecular flexibility index (Phi) is 7.12. The molecule has 7 nitrogen and oxygen atoms in total. The zero-order valence-electron chi connectivity index (χ0n) is 19.2. The average molecular weight is 428 g/mol. The first kappa shape index (κ1) is 23.0. The van der Waals surface area contributed by atoms with Crippen molar-refractivity contribution in [2.24, 2.45) is 16.5 Å². The van der Waals surface area contributed by atoms with Crippen molar-refractivity contribution in [2.75, 3.05) is 32.1 Å². The van der Waals surface area contributed by atoms with Crippen molar-refractivity contribution in [2.45, 2.75) is 46.3 Å². The van der Waals surface area contributed by atoms with E-state index >= 15 is 0 Å². The Morgan fingerprint density at radius 2 is 2.06 bits per heavy atom. The predicted octanol–water partition coefficient (Wildman–Crippen LogP) is 2.61. The van der Waals surface area contributed by atoms with Crippen LogP contribution in [0.3, 0.4) is 0 Å². The highest BCUT2D eigenvalue weighted by Crippen LogP contribution is 2.31.